The van der Waals surface area contributed by atoms with Crippen LogP contribution in [0.15, 0.2) is 77.6 Å². The molecular weight excluding hydrogens is 452 g/mol. The maximum absolute atomic E-state index is 12.9. The number of anilines is 3. The number of nitrogens with one attached hydrogen (secondary N) is 2. The van der Waals surface area contributed by atoms with Crippen LogP contribution in [0.25, 0.3) is 11.3 Å². The fourth-order valence-electron chi connectivity index (χ4n) is 4.15. The molecule has 5 rings (SSSR count). The van der Waals surface area contributed by atoms with Crippen molar-refractivity contribution in [1.29, 1.82) is 0 Å². The Morgan fingerprint density at radius 2 is 1.83 bits per heavy atom. The number of oxazole rings is 1. The van der Waals surface area contributed by atoms with Gasteiger partial charge in [0.25, 0.3) is 11.9 Å². The second-order valence-electron chi connectivity index (χ2n) is 9.16. The highest BCUT2D eigenvalue weighted by molar-refractivity contribution is 6.04. The highest BCUT2D eigenvalue weighted by Crippen LogP contribution is 2.27. The fourth-order valence-corrected chi connectivity index (χ4v) is 4.15. The van der Waals surface area contributed by atoms with Gasteiger partial charge in [-0.3, -0.25) is 14.7 Å². The van der Waals surface area contributed by atoms with Crippen LogP contribution in [0.2, 0.25) is 0 Å². The Bertz CT molecular complexity index is 1310. The minimum Gasteiger partial charge on any atom is -0.423 e. The van der Waals surface area contributed by atoms with Crippen molar-refractivity contribution in [3.8, 4) is 11.3 Å². The minimum atomic E-state index is -0.147. The molecule has 0 atom stereocenters. The van der Waals surface area contributed by atoms with Gasteiger partial charge in [0.1, 0.15) is 0 Å². The molecule has 8 heteroatoms. The minimum absolute atomic E-state index is 0.147. The number of rotatable bonds is 7. The predicted octanol–water partition coefficient (Wildman–Crippen LogP) is 4.79. The first-order chi connectivity index (χ1) is 17.5. The molecule has 184 valence electrons. The van der Waals surface area contributed by atoms with Crippen LogP contribution in [0.3, 0.4) is 0 Å². The number of nitrogens with zero attached hydrogens (tertiary/aromatic N) is 4. The van der Waals surface area contributed by atoms with Crippen molar-refractivity contribution in [3.63, 3.8) is 0 Å². The zero-order valence-electron chi connectivity index (χ0n) is 20.6. The van der Waals surface area contributed by atoms with Gasteiger partial charge in [0, 0.05) is 67.6 Å². The number of carbonyl (C=O) groups is 1. The maximum Gasteiger partial charge on any atom is 0.299 e. The number of piperazine rings is 1. The summed E-state index contributed by atoms with van der Waals surface area (Å²) < 4.78 is 5.83. The molecule has 0 bridgehead atoms. The molecule has 1 fully saturated rings. The number of hydrogen-bond donors (Lipinski definition) is 2. The molecule has 2 N–H and O–H groups in total. The van der Waals surface area contributed by atoms with E-state index in [0.29, 0.717) is 23.0 Å². The van der Waals surface area contributed by atoms with E-state index in [2.05, 4.69) is 37.4 Å². The number of benzene rings is 2. The summed E-state index contributed by atoms with van der Waals surface area (Å²) >= 11 is 0. The Kier molecular flexibility index (Phi) is 7.06. The van der Waals surface area contributed by atoms with Crippen LogP contribution in [0.1, 0.15) is 21.5 Å². The molecule has 1 aliphatic heterocycles. The van der Waals surface area contributed by atoms with Crippen LogP contribution < -0.4 is 10.6 Å². The average molecular weight is 483 g/mol. The summed E-state index contributed by atoms with van der Waals surface area (Å²) in [6.45, 7) is 7.22. The topological polar surface area (TPSA) is 86.5 Å². The molecule has 36 heavy (non-hydrogen) atoms. The number of aromatic nitrogens is 2. The summed E-state index contributed by atoms with van der Waals surface area (Å²) in [5.74, 6) is 0.481. The molecule has 8 nitrogen and oxygen atoms in total. The van der Waals surface area contributed by atoms with E-state index < -0.39 is 0 Å². The number of likely N-dealkylation sites (N-methyl/N-ethyl adjacent to an activating group) is 1. The summed E-state index contributed by atoms with van der Waals surface area (Å²) in [5, 5.41) is 6.20. The van der Waals surface area contributed by atoms with E-state index in [0.717, 1.165) is 49.5 Å². The van der Waals surface area contributed by atoms with Crippen molar-refractivity contribution < 1.29 is 9.21 Å². The molecular formula is C28H30N6O2. The molecule has 1 saturated heterocycles. The second-order valence-corrected chi connectivity index (χ2v) is 9.16. The molecule has 2 aromatic carbocycles. The maximum atomic E-state index is 12.9. The first kappa shape index (κ1) is 23.7. The number of hydrogen-bond acceptors (Lipinski definition) is 7. The lowest BCUT2D eigenvalue weighted by Gasteiger charge is -2.32. The van der Waals surface area contributed by atoms with Gasteiger partial charge >= 0.3 is 0 Å². The van der Waals surface area contributed by atoms with E-state index in [1.165, 1.54) is 5.56 Å². The largest absolute Gasteiger partial charge is 0.423 e. The number of aryl methyl sites for hydroxylation is 1. The quantitative estimate of drug-likeness (QED) is 0.392. The Labute approximate surface area is 211 Å². The third kappa shape index (κ3) is 5.79. The van der Waals surface area contributed by atoms with Gasteiger partial charge < -0.3 is 20.0 Å². The molecule has 0 radical (unpaired) electrons. The second kappa shape index (κ2) is 10.7. The van der Waals surface area contributed by atoms with Crippen LogP contribution in [0.5, 0.6) is 0 Å². The highest BCUT2D eigenvalue weighted by Gasteiger charge is 2.15. The summed E-state index contributed by atoms with van der Waals surface area (Å²) in [4.78, 5) is 26.1. The Morgan fingerprint density at radius 3 is 2.58 bits per heavy atom. The van der Waals surface area contributed by atoms with E-state index >= 15 is 0 Å². The van der Waals surface area contributed by atoms with Crippen molar-refractivity contribution >= 4 is 23.3 Å². The van der Waals surface area contributed by atoms with Crippen molar-refractivity contribution in [2.75, 3.05) is 43.9 Å². The van der Waals surface area contributed by atoms with E-state index in [1.54, 1.807) is 18.6 Å². The molecule has 0 spiro atoms. The molecule has 1 amide bonds. The molecule has 0 unspecified atom stereocenters. The van der Waals surface area contributed by atoms with Gasteiger partial charge in [0.2, 0.25) is 0 Å². The summed E-state index contributed by atoms with van der Waals surface area (Å²) in [7, 11) is 2.16. The summed E-state index contributed by atoms with van der Waals surface area (Å²) in [6, 6.07) is 17.7. The average Bonchev–Trinajstić information content (AvgIpc) is 3.37. The van der Waals surface area contributed by atoms with Gasteiger partial charge in [0.05, 0.1) is 6.20 Å². The third-order valence-electron chi connectivity index (χ3n) is 6.41. The molecule has 0 aliphatic carbocycles. The van der Waals surface area contributed by atoms with E-state index in [4.69, 9.17) is 4.42 Å². The van der Waals surface area contributed by atoms with Crippen LogP contribution in [-0.2, 0) is 6.54 Å². The Hall–Kier alpha value is -4.01. The van der Waals surface area contributed by atoms with Gasteiger partial charge in [0.15, 0.2) is 5.76 Å². The van der Waals surface area contributed by atoms with Gasteiger partial charge in [-0.1, -0.05) is 18.2 Å². The van der Waals surface area contributed by atoms with Crippen molar-refractivity contribution in [2.45, 2.75) is 13.5 Å². The molecule has 0 saturated carbocycles. The lowest BCUT2D eigenvalue weighted by atomic mass is 10.1. The van der Waals surface area contributed by atoms with Crippen LogP contribution in [0, 0.1) is 6.92 Å². The van der Waals surface area contributed by atoms with Gasteiger partial charge in [-0.2, -0.15) is 0 Å². The van der Waals surface area contributed by atoms with Crippen molar-refractivity contribution in [1.82, 2.24) is 19.8 Å². The number of pyridine rings is 1. The lowest BCUT2D eigenvalue weighted by molar-refractivity contribution is 0.102. The first-order valence-corrected chi connectivity index (χ1v) is 12.1. The van der Waals surface area contributed by atoms with Crippen molar-refractivity contribution in [3.05, 3.63) is 89.9 Å². The van der Waals surface area contributed by atoms with Crippen LogP contribution in [0.4, 0.5) is 17.4 Å². The van der Waals surface area contributed by atoms with Gasteiger partial charge in [-0.15, -0.1) is 0 Å². The Balaban J connectivity index is 1.22. The van der Waals surface area contributed by atoms with Crippen LogP contribution >= 0.6 is 0 Å². The summed E-state index contributed by atoms with van der Waals surface area (Å²) in [5.41, 5.74) is 5.19. The molecule has 1 aliphatic rings. The van der Waals surface area contributed by atoms with E-state index in [1.807, 2.05) is 61.5 Å². The van der Waals surface area contributed by atoms with E-state index in [-0.39, 0.29) is 5.91 Å². The van der Waals surface area contributed by atoms with Gasteiger partial charge in [-0.25, -0.2) is 4.98 Å². The monoisotopic (exact) mass is 482 g/mol. The molecule has 3 heterocycles. The fraction of sp³-hybridized carbons (Fsp3) is 0.250. The zero-order valence-corrected chi connectivity index (χ0v) is 20.6. The highest BCUT2D eigenvalue weighted by atomic mass is 16.4. The zero-order chi connectivity index (χ0) is 24.9. The first-order valence-electron chi connectivity index (χ1n) is 12.1. The smallest absolute Gasteiger partial charge is 0.299 e. The molecule has 4 aromatic rings. The molecule has 2 aromatic heterocycles. The predicted molar refractivity (Wildman–Crippen MR) is 141 cm³/mol. The standard InChI is InChI=1S/C28H30N6O2/c1-20-5-10-24(16-25(20)32-28-30-18-26(36-28)23-4-3-11-29-17-23)31-27(35)22-8-6-21(7-9-22)19-34-14-12-33(2)13-15-34/h3-11,16-18H,12-15,19H2,1-2H3,(H,30,32)(H,31,35). The van der Waals surface area contributed by atoms with E-state index in [9.17, 15) is 4.79 Å². The number of carbonyl (C=O) groups excluding carboxylic acids is 1. The number of amides is 1. The van der Waals surface area contributed by atoms with Crippen LogP contribution in [-0.4, -0.2) is 58.9 Å². The normalized spacial score (nSPS) is 14.5. The third-order valence-corrected chi connectivity index (χ3v) is 6.41. The summed E-state index contributed by atoms with van der Waals surface area (Å²) in [6.07, 6.45) is 5.10. The lowest BCUT2D eigenvalue weighted by Crippen LogP contribution is -2.43. The van der Waals surface area contributed by atoms with Gasteiger partial charge in [-0.05, 0) is 61.5 Å². The Morgan fingerprint density at radius 1 is 1.03 bits per heavy atom. The van der Waals surface area contributed by atoms with Crippen molar-refractivity contribution in [2.24, 2.45) is 0 Å². The SMILES string of the molecule is Cc1ccc(NC(=O)c2ccc(CN3CCN(C)CC3)cc2)cc1Nc1ncc(-c2cccnc2)o1.